The second-order valence-electron chi connectivity index (χ2n) is 3.32. The number of carbonyl (C=O) groups excluding carboxylic acids is 1. The lowest BCUT2D eigenvalue weighted by Gasteiger charge is -2.02. The second-order valence-corrected chi connectivity index (χ2v) is 3.32. The lowest BCUT2D eigenvalue weighted by atomic mass is 10.2. The van der Waals surface area contributed by atoms with Crippen molar-refractivity contribution < 1.29 is 14.1 Å². The third kappa shape index (κ3) is 2.32. The average molecular weight is 250 g/mol. The summed E-state index contributed by atoms with van der Waals surface area (Å²) in [5.74, 6) is -1.89. The van der Waals surface area contributed by atoms with E-state index in [9.17, 15) is 19.3 Å². The van der Waals surface area contributed by atoms with Gasteiger partial charge in [-0.2, -0.15) is 4.98 Å². The quantitative estimate of drug-likeness (QED) is 0.639. The average Bonchev–Trinajstić information content (AvgIpc) is 2.77. The molecule has 0 aliphatic rings. The van der Waals surface area contributed by atoms with Crippen molar-refractivity contribution in [1.29, 1.82) is 0 Å². The maximum absolute atomic E-state index is 12.9. The molecule has 1 aromatic heterocycles. The van der Waals surface area contributed by atoms with Crippen molar-refractivity contribution in [3.8, 4) is 0 Å². The second kappa shape index (κ2) is 4.62. The van der Waals surface area contributed by atoms with Gasteiger partial charge in [-0.15, -0.1) is 0 Å². The summed E-state index contributed by atoms with van der Waals surface area (Å²) < 4.78 is 12.9. The number of aromatic amines is 1. The van der Waals surface area contributed by atoms with Crippen LogP contribution in [-0.4, -0.2) is 20.8 Å². The summed E-state index contributed by atoms with van der Waals surface area (Å²) in [5, 5.41) is 12.8. The number of anilines is 1. The Morgan fingerprint density at radius 2 is 2.28 bits per heavy atom. The Labute approximate surface area is 99.8 Å². The van der Waals surface area contributed by atoms with Crippen molar-refractivity contribution in [2.75, 3.05) is 5.32 Å². The molecule has 1 heterocycles. The molecule has 0 radical (unpaired) electrons. The van der Waals surface area contributed by atoms with Gasteiger partial charge in [0.15, 0.2) is 6.33 Å². The Morgan fingerprint density at radius 1 is 1.50 bits per heavy atom. The number of hydrogen-bond donors (Lipinski definition) is 2. The fourth-order valence-corrected chi connectivity index (χ4v) is 1.33. The number of rotatable bonds is 3. The number of halogens is 1. The van der Waals surface area contributed by atoms with E-state index >= 15 is 0 Å². The van der Waals surface area contributed by atoms with Crippen molar-refractivity contribution in [1.82, 2.24) is 9.97 Å². The lowest BCUT2D eigenvalue weighted by molar-refractivity contribution is -0.388. The summed E-state index contributed by atoms with van der Waals surface area (Å²) in [6, 6.07) is 4.96. The van der Waals surface area contributed by atoms with Gasteiger partial charge in [0, 0.05) is 5.56 Å². The summed E-state index contributed by atoms with van der Waals surface area (Å²) in [7, 11) is 0. The van der Waals surface area contributed by atoms with Gasteiger partial charge in [0.1, 0.15) is 5.82 Å². The highest BCUT2D eigenvalue weighted by molar-refractivity contribution is 6.04. The molecular formula is C10H7FN4O3. The molecule has 92 valence electrons. The largest absolute Gasteiger partial charge is 0.365 e. The molecule has 0 bridgehead atoms. The van der Waals surface area contributed by atoms with Crippen molar-refractivity contribution in [2.24, 2.45) is 0 Å². The first kappa shape index (κ1) is 11.7. The van der Waals surface area contributed by atoms with Gasteiger partial charge in [0.2, 0.25) is 5.82 Å². The van der Waals surface area contributed by atoms with Gasteiger partial charge >= 0.3 is 5.82 Å². The summed E-state index contributed by atoms with van der Waals surface area (Å²) in [4.78, 5) is 27.4. The van der Waals surface area contributed by atoms with Crippen molar-refractivity contribution in [3.05, 3.63) is 52.1 Å². The number of H-pyrrole nitrogens is 1. The molecule has 8 heteroatoms. The van der Waals surface area contributed by atoms with E-state index in [4.69, 9.17) is 0 Å². The number of hydrogen-bond acceptors (Lipinski definition) is 4. The van der Waals surface area contributed by atoms with Gasteiger partial charge in [0.25, 0.3) is 5.91 Å². The van der Waals surface area contributed by atoms with Gasteiger partial charge in [-0.25, -0.2) is 9.37 Å². The van der Waals surface area contributed by atoms with E-state index < -0.39 is 22.5 Å². The van der Waals surface area contributed by atoms with Gasteiger partial charge in [-0.05, 0) is 23.1 Å². The molecule has 0 aliphatic carbocycles. The molecule has 0 fully saturated rings. The third-order valence-electron chi connectivity index (χ3n) is 2.12. The molecule has 2 N–H and O–H groups in total. The zero-order valence-electron chi connectivity index (χ0n) is 8.88. The van der Waals surface area contributed by atoms with Crippen LogP contribution in [0.3, 0.4) is 0 Å². The molecule has 0 atom stereocenters. The van der Waals surface area contributed by atoms with E-state index in [1.807, 2.05) is 0 Å². The van der Waals surface area contributed by atoms with Crippen LogP contribution in [0.15, 0.2) is 30.6 Å². The minimum Gasteiger partial charge on any atom is -0.358 e. The number of nitrogens with zero attached hydrogens (tertiary/aromatic N) is 2. The molecule has 7 nitrogen and oxygen atoms in total. The smallest absolute Gasteiger partial charge is 0.358 e. The normalized spacial score (nSPS) is 10.1. The number of aromatic nitrogens is 2. The minimum atomic E-state index is -0.714. The zero-order valence-corrected chi connectivity index (χ0v) is 8.88. The number of nitro groups is 1. The van der Waals surface area contributed by atoms with E-state index in [0.29, 0.717) is 0 Å². The first-order valence-corrected chi connectivity index (χ1v) is 4.82. The van der Waals surface area contributed by atoms with E-state index in [0.717, 1.165) is 12.4 Å². The van der Waals surface area contributed by atoms with E-state index in [2.05, 4.69) is 15.3 Å². The molecule has 0 saturated heterocycles. The Bertz CT molecular complexity index is 611. The first-order chi connectivity index (χ1) is 8.58. The molecule has 18 heavy (non-hydrogen) atoms. The van der Waals surface area contributed by atoms with Crippen LogP contribution in [0.25, 0.3) is 0 Å². The van der Waals surface area contributed by atoms with Crippen LogP contribution in [0.2, 0.25) is 0 Å². The Hall–Kier alpha value is -2.77. The summed E-state index contributed by atoms with van der Waals surface area (Å²) in [6.07, 6.45) is 1.08. The molecule has 0 saturated carbocycles. The van der Waals surface area contributed by atoms with Gasteiger partial charge in [0.05, 0.1) is 0 Å². The predicted octanol–water partition coefficient (Wildman–Crippen LogP) is 1.71. The Morgan fingerprint density at radius 3 is 2.94 bits per heavy atom. The maximum Gasteiger partial charge on any atom is 0.365 e. The fraction of sp³-hybridized carbons (Fsp3) is 0. The zero-order chi connectivity index (χ0) is 13.1. The van der Waals surface area contributed by atoms with Crippen molar-refractivity contribution >= 4 is 17.5 Å². The molecule has 0 aliphatic heterocycles. The van der Waals surface area contributed by atoms with Crippen LogP contribution < -0.4 is 5.32 Å². The Kier molecular flexibility index (Phi) is 3.00. The Balaban J connectivity index is 2.21. The van der Waals surface area contributed by atoms with Crippen LogP contribution in [0.4, 0.5) is 16.0 Å². The van der Waals surface area contributed by atoms with Crippen molar-refractivity contribution in [2.45, 2.75) is 0 Å². The molecule has 0 spiro atoms. The SMILES string of the molecule is O=C(Nc1nc[nH]c1[N+](=O)[O-])c1cccc(F)c1. The van der Waals surface area contributed by atoms with E-state index in [1.165, 1.54) is 18.2 Å². The van der Waals surface area contributed by atoms with E-state index in [-0.39, 0.29) is 11.4 Å². The topological polar surface area (TPSA) is 101 Å². The highest BCUT2D eigenvalue weighted by Gasteiger charge is 2.18. The molecule has 1 amide bonds. The monoisotopic (exact) mass is 250 g/mol. The molecular weight excluding hydrogens is 243 g/mol. The molecule has 0 unspecified atom stereocenters. The van der Waals surface area contributed by atoms with Crippen LogP contribution in [0.1, 0.15) is 10.4 Å². The lowest BCUT2D eigenvalue weighted by Crippen LogP contribution is -2.13. The number of imidazole rings is 1. The van der Waals surface area contributed by atoms with Gasteiger partial charge in [-0.1, -0.05) is 6.07 Å². The first-order valence-electron chi connectivity index (χ1n) is 4.82. The van der Waals surface area contributed by atoms with Gasteiger partial charge in [-0.3, -0.25) is 10.1 Å². The number of amides is 1. The van der Waals surface area contributed by atoms with Crippen LogP contribution in [0, 0.1) is 15.9 Å². The minimum absolute atomic E-state index is 0.0484. The third-order valence-corrected chi connectivity index (χ3v) is 2.12. The predicted molar refractivity (Wildman–Crippen MR) is 59.6 cm³/mol. The van der Waals surface area contributed by atoms with Crippen LogP contribution in [-0.2, 0) is 0 Å². The molecule has 1 aromatic carbocycles. The highest BCUT2D eigenvalue weighted by atomic mass is 19.1. The number of carbonyl (C=O) groups is 1. The molecule has 2 aromatic rings. The number of benzene rings is 1. The van der Waals surface area contributed by atoms with Crippen LogP contribution >= 0.6 is 0 Å². The summed E-state index contributed by atoms with van der Waals surface area (Å²) in [6.45, 7) is 0. The van der Waals surface area contributed by atoms with Gasteiger partial charge < -0.3 is 10.1 Å². The fourth-order valence-electron chi connectivity index (χ4n) is 1.33. The standard InChI is InChI=1S/C10H7FN4O3/c11-7-3-1-2-6(4-7)10(16)14-8-9(15(17)18)13-5-12-8/h1-5H,(H,12,13)(H,14,16). The highest BCUT2D eigenvalue weighted by Crippen LogP contribution is 2.18. The summed E-state index contributed by atoms with van der Waals surface area (Å²) in [5.41, 5.74) is 0.0484. The number of nitrogens with one attached hydrogen (secondary N) is 2. The van der Waals surface area contributed by atoms with E-state index in [1.54, 1.807) is 0 Å². The van der Waals surface area contributed by atoms with Crippen molar-refractivity contribution in [3.63, 3.8) is 0 Å². The maximum atomic E-state index is 12.9. The molecule has 2 rings (SSSR count). The summed E-state index contributed by atoms with van der Waals surface area (Å²) >= 11 is 0. The van der Waals surface area contributed by atoms with Crippen LogP contribution in [0.5, 0.6) is 0 Å².